The molecule has 0 spiro atoms. The first-order valence-corrected chi connectivity index (χ1v) is 8.43. The summed E-state index contributed by atoms with van der Waals surface area (Å²) in [6.45, 7) is 0.0747. The van der Waals surface area contributed by atoms with E-state index >= 15 is 0 Å². The first-order chi connectivity index (χ1) is 13.1. The van der Waals surface area contributed by atoms with E-state index in [4.69, 9.17) is 0 Å². The summed E-state index contributed by atoms with van der Waals surface area (Å²) in [6, 6.07) is 17.9. The van der Waals surface area contributed by atoms with Gasteiger partial charge in [-0.3, -0.25) is 4.79 Å². The number of fused-ring (bicyclic) bond motifs is 1. The van der Waals surface area contributed by atoms with Crippen molar-refractivity contribution in [3.63, 3.8) is 0 Å². The number of carbonyl (C=O) groups excluding carboxylic acids is 1. The molecule has 0 unspecified atom stereocenters. The molecule has 0 aliphatic heterocycles. The van der Waals surface area contributed by atoms with Crippen molar-refractivity contribution in [2.24, 2.45) is 0 Å². The minimum absolute atomic E-state index is 0.0747. The van der Waals surface area contributed by atoms with E-state index in [1.54, 1.807) is 40.9 Å². The maximum absolute atomic E-state index is 13.8. The van der Waals surface area contributed by atoms with Gasteiger partial charge in [-0.25, -0.2) is 13.8 Å². The Hall–Kier alpha value is -3.54. The van der Waals surface area contributed by atoms with Crippen LogP contribution in [0.1, 0.15) is 16.2 Å². The van der Waals surface area contributed by atoms with Crippen molar-refractivity contribution in [2.75, 3.05) is 0 Å². The van der Waals surface area contributed by atoms with Gasteiger partial charge in [0.1, 0.15) is 11.6 Å². The Balaban J connectivity index is 1.68. The predicted molar refractivity (Wildman–Crippen MR) is 96.9 cm³/mol. The molecule has 0 saturated heterocycles. The molecule has 0 fully saturated rings. The highest BCUT2D eigenvalue weighted by molar-refractivity contribution is 5.91. The zero-order valence-corrected chi connectivity index (χ0v) is 14.2. The summed E-state index contributed by atoms with van der Waals surface area (Å²) in [7, 11) is 0. The van der Waals surface area contributed by atoms with Crippen LogP contribution in [0.3, 0.4) is 0 Å². The average Bonchev–Trinajstić information content (AvgIpc) is 3.08. The van der Waals surface area contributed by atoms with Crippen LogP contribution in [0, 0.1) is 11.6 Å². The molecule has 0 saturated carbocycles. The van der Waals surface area contributed by atoms with Crippen molar-refractivity contribution in [3.05, 3.63) is 95.9 Å². The second kappa shape index (κ2) is 6.99. The predicted octanol–water partition coefficient (Wildman–Crippen LogP) is 3.63. The Morgan fingerprint density at radius 3 is 2.48 bits per heavy atom. The summed E-state index contributed by atoms with van der Waals surface area (Å²) in [4.78, 5) is 15.8. The SMILES string of the molecule is O=C(NCc1ccccc1F)c1[nH]c(-c2ccc(F)cc2)c2cccc[n+]12. The number of nitrogens with one attached hydrogen (secondary N) is 2. The van der Waals surface area contributed by atoms with E-state index in [9.17, 15) is 13.6 Å². The summed E-state index contributed by atoms with van der Waals surface area (Å²) >= 11 is 0. The number of imidazole rings is 1. The molecule has 4 rings (SSSR count). The second-order valence-corrected chi connectivity index (χ2v) is 6.09. The van der Waals surface area contributed by atoms with Crippen molar-refractivity contribution >= 4 is 11.4 Å². The number of nitrogens with zero attached hydrogens (tertiary/aromatic N) is 1. The third kappa shape index (κ3) is 3.29. The number of pyridine rings is 1. The van der Waals surface area contributed by atoms with Crippen LogP contribution < -0.4 is 9.72 Å². The van der Waals surface area contributed by atoms with Crippen LogP contribution in [0.5, 0.6) is 0 Å². The van der Waals surface area contributed by atoms with Gasteiger partial charge in [-0.15, -0.1) is 0 Å². The highest BCUT2D eigenvalue weighted by Crippen LogP contribution is 2.22. The van der Waals surface area contributed by atoms with Crippen molar-refractivity contribution in [1.29, 1.82) is 0 Å². The van der Waals surface area contributed by atoms with E-state index in [1.807, 2.05) is 18.2 Å². The van der Waals surface area contributed by atoms with Gasteiger partial charge >= 0.3 is 11.7 Å². The van der Waals surface area contributed by atoms with Crippen molar-refractivity contribution in [1.82, 2.24) is 10.3 Å². The van der Waals surface area contributed by atoms with Gasteiger partial charge in [0.15, 0.2) is 11.2 Å². The lowest BCUT2D eigenvalue weighted by atomic mass is 10.1. The molecular formula is C21H16F2N3O+. The fourth-order valence-electron chi connectivity index (χ4n) is 2.99. The van der Waals surface area contributed by atoms with Crippen molar-refractivity contribution in [2.45, 2.75) is 6.54 Å². The molecule has 2 aromatic carbocycles. The molecule has 27 heavy (non-hydrogen) atoms. The number of hydrogen-bond acceptors (Lipinski definition) is 1. The molecule has 0 atom stereocenters. The first-order valence-electron chi connectivity index (χ1n) is 8.43. The molecule has 0 aliphatic rings. The molecule has 0 aliphatic carbocycles. The number of rotatable bonds is 4. The highest BCUT2D eigenvalue weighted by atomic mass is 19.1. The summed E-state index contributed by atoms with van der Waals surface area (Å²) < 4.78 is 28.7. The Morgan fingerprint density at radius 1 is 0.963 bits per heavy atom. The van der Waals surface area contributed by atoms with Crippen LogP contribution in [-0.2, 0) is 6.54 Å². The van der Waals surface area contributed by atoms with E-state index in [-0.39, 0.29) is 24.1 Å². The lowest BCUT2D eigenvalue weighted by molar-refractivity contribution is -0.513. The number of amides is 1. The molecule has 0 radical (unpaired) electrons. The van der Waals surface area contributed by atoms with Gasteiger partial charge < -0.3 is 5.32 Å². The number of hydrogen-bond donors (Lipinski definition) is 2. The minimum atomic E-state index is -0.368. The first kappa shape index (κ1) is 16.9. The van der Waals surface area contributed by atoms with Crippen molar-refractivity contribution < 1.29 is 18.0 Å². The van der Waals surface area contributed by atoms with Gasteiger partial charge in [0, 0.05) is 17.7 Å². The van der Waals surface area contributed by atoms with Crippen LogP contribution in [-0.4, -0.2) is 10.9 Å². The van der Waals surface area contributed by atoms with Crippen LogP contribution in [0.25, 0.3) is 16.8 Å². The number of halogens is 2. The van der Waals surface area contributed by atoms with Crippen LogP contribution in [0.15, 0.2) is 72.9 Å². The molecular weight excluding hydrogens is 348 g/mol. The Labute approximate surface area is 154 Å². The summed E-state index contributed by atoms with van der Waals surface area (Å²) in [6.07, 6.45) is 1.76. The van der Waals surface area contributed by atoms with Gasteiger partial charge in [-0.05, 0) is 42.5 Å². The quantitative estimate of drug-likeness (QED) is 0.534. The monoisotopic (exact) mass is 364 g/mol. The molecule has 2 aromatic heterocycles. The number of H-pyrrole nitrogens is 1. The molecule has 134 valence electrons. The van der Waals surface area contributed by atoms with Gasteiger partial charge in [0.2, 0.25) is 0 Å². The van der Waals surface area contributed by atoms with E-state index in [1.165, 1.54) is 18.2 Å². The van der Waals surface area contributed by atoms with Gasteiger partial charge in [0.05, 0.1) is 6.20 Å². The summed E-state index contributed by atoms with van der Waals surface area (Å²) in [5.41, 5.74) is 2.64. The fourth-order valence-corrected chi connectivity index (χ4v) is 2.99. The van der Waals surface area contributed by atoms with Gasteiger partial charge in [-0.2, -0.15) is 4.40 Å². The van der Waals surface area contributed by atoms with Gasteiger partial charge in [0.25, 0.3) is 0 Å². The third-order valence-electron chi connectivity index (χ3n) is 4.35. The zero-order valence-electron chi connectivity index (χ0n) is 14.2. The van der Waals surface area contributed by atoms with Crippen LogP contribution in [0.2, 0.25) is 0 Å². The largest absolute Gasteiger partial charge is 0.351 e. The molecule has 2 N–H and O–H groups in total. The number of benzene rings is 2. The maximum atomic E-state index is 13.8. The lowest BCUT2D eigenvalue weighted by Gasteiger charge is -2.03. The zero-order chi connectivity index (χ0) is 18.8. The van der Waals surface area contributed by atoms with E-state index in [0.29, 0.717) is 17.1 Å². The topological polar surface area (TPSA) is 49.0 Å². The van der Waals surface area contributed by atoms with Crippen molar-refractivity contribution in [3.8, 4) is 11.3 Å². The fraction of sp³-hybridized carbons (Fsp3) is 0.0476. The highest BCUT2D eigenvalue weighted by Gasteiger charge is 2.25. The number of aromatic amines is 1. The number of carbonyl (C=O) groups is 1. The Morgan fingerprint density at radius 2 is 1.70 bits per heavy atom. The smallest absolute Gasteiger partial charge is 0.341 e. The average molecular weight is 364 g/mol. The van der Waals surface area contributed by atoms with Crippen LogP contribution in [0.4, 0.5) is 8.78 Å². The molecule has 1 amide bonds. The normalized spacial score (nSPS) is 10.9. The third-order valence-corrected chi connectivity index (χ3v) is 4.35. The molecule has 4 aromatic rings. The number of aromatic nitrogens is 2. The van der Waals surface area contributed by atoms with Gasteiger partial charge in [-0.1, -0.05) is 24.3 Å². The second-order valence-electron chi connectivity index (χ2n) is 6.09. The minimum Gasteiger partial charge on any atom is -0.341 e. The molecule has 4 nitrogen and oxygen atoms in total. The van der Waals surface area contributed by atoms with Crippen LogP contribution >= 0.6 is 0 Å². The standard InChI is InChI=1S/C21H15F2N3O/c22-16-10-8-14(9-11-16)19-18-7-3-4-12-26(18)20(25-19)21(27)24-13-15-5-1-2-6-17(15)23/h1-12H,13H2,(H,24,27)/p+1. The Bertz CT molecular complexity index is 1120. The molecule has 2 heterocycles. The van der Waals surface area contributed by atoms with E-state index < -0.39 is 0 Å². The maximum Gasteiger partial charge on any atom is 0.351 e. The summed E-state index contributed by atoms with van der Waals surface area (Å²) in [5, 5.41) is 2.73. The lowest BCUT2D eigenvalue weighted by Crippen LogP contribution is -2.34. The Kier molecular flexibility index (Phi) is 4.38. The summed E-state index contributed by atoms with van der Waals surface area (Å²) in [5.74, 6) is -0.756. The van der Waals surface area contributed by atoms with E-state index in [0.717, 1.165) is 11.1 Å². The molecule has 6 heteroatoms. The molecule has 0 bridgehead atoms. The van der Waals surface area contributed by atoms with E-state index in [2.05, 4.69) is 10.3 Å².